The molecule has 7 heteroatoms. The Morgan fingerprint density at radius 3 is 2.54 bits per heavy atom. The number of hydrogen-bond acceptors (Lipinski definition) is 5. The third-order valence-electron chi connectivity index (χ3n) is 4.13. The van der Waals surface area contributed by atoms with Gasteiger partial charge in [0.1, 0.15) is 0 Å². The first kappa shape index (κ1) is 17.5. The lowest BCUT2D eigenvalue weighted by Gasteiger charge is -2.25. The average Bonchev–Trinajstić information content (AvgIpc) is 3.03. The van der Waals surface area contributed by atoms with Gasteiger partial charge in [-0.2, -0.15) is 10.2 Å². The van der Waals surface area contributed by atoms with Crippen molar-refractivity contribution >= 4 is 11.7 Å². The second kappa shape index (κ2) is 6.92. The standard InChI is InChI=1S/C19H20N6O/c1-12(2)24(11-16-7-5-15(10-20)6-8-16)18(26)17-22-19-21-13(3)9-14(4)25(19)23-17/h5-9,12H,11H2,1-4H3. The molecule has 26 heavy (non-hydrogen) atoms. The Morgan fingerprint density at radius 1 is 1.23 bits per heavy atom. The van der Waals surface area contributed by atoms with Crippen LogP contribution in [0.1, 0.15) is 47.0 Å². The number of carbonyl (C=O) groups excluding carboxylic acids is 1. The fourth-order valence-electron chi connectivity index (χ4n) is 2.76. The molecule has 0 aliphatic carbocycles. The molecular weight excluding hydrogens is 328 g/mol. The Labute approximate surface area is 151 Å². The van der Waals surface area contributed by atoms with Crippen molar-refractivity contribution in [2.45, 2.75) is 40.3 Å². The van der Waals surface area contributed by atoms with E-state index < -0.39 is 0 Å². The van der Waals surface area contributed by atoms with E-state index in [2.05, 4.69) is 21.1 Å². The molecule has 132 valence electrons. The maximum absolute atomic E-state index is 13.0. The minimum atomic E-state index is -0.244. The highest BCUT2D eigenvalue weighted by Gasteiger charge is 2.24. The first-order valence-electron chi connectivity index (χ1n) is 8.40. The quantitative estimate of drug-likeness (QED) is 0.723. The molecule has 2 aromatic heterocycles. The van der Waals surface area contributed by atoms with Crippen molar-refractivity contribution < 1.29 is 4.79 Å². The number of rotatable bonds is 4. The lowest BCUT2D eigenvalue weighted by Crippen LogP contribution is -2.37. The summed E-state index contributed by atoms with van der Waals surface area (Å²) in [6.45, 7) is 8.11. The second-order valence-electron chi connectivity index (χ2n) is 6.52. The number of fused-ring (bicyclic) bond motifs is 1. The summed E-state index contributed by atoms with van der Waals surface area (Å²) >= 11 is 0. The summed E-state index contributed by atoms with van der Waals surface area (Å²) in [6.07, 6.45) is 0. The normalized spacial score (nSPS) is 10.9. The molecule has 0 atom stereocenters. The molecule has 0 spiro atoms. The SMILES string of the molecule is Cc1cc(C)n2nc(C(=O)N(Cc3ccc(C#N)cc3)C(C)C)nc2n1. The summed E-state index contributed by atoms with van der Waals surface area (Å²) in [5.41, 5.74) is 3.25. The summed E-state index contributed by atoms with van der Waals surface area (Å²) in [4.78, 5) is 23.3. The molecule has 3 aromatic rings. The first-order chi connectivity index (χ1) is 12.4. The van der Waals surface area contributed by atoms with Gasteiger partial charge in [0.05, 0.1) is 11.6 Å². The predicted molar refractivity (Wildman–Crippen MR) is 96.4 cm³/mol. The topological polar surface area (TPSA) is 87.2 Å². The lowest BCUT2D eigenvalue weighted by atomic mass is 10.1. The van der Waals surface area contributed by atoms with Crippen LogP contribution < -0.4 is 0 Å². The van der Waals surface area contributed by atoms with E-state index in [1.807, 2.05) is 45.9 Å². The maximum Gasteiger partial charge on any atom is 0.294 e. The van der Waals surface area contributed by atoms with Crippen LogP contribution in [0.3, 0.4) is 0 Å². The van der Waals surface area contributed by atoms with Gasteiger partial charge in [0.2, 0.25) is 5.82 Å². The van der Waals surface area contributed by atoms with E-state index in [1.54, 1.807) is 21.5 Å². The Morgan fingerprint density at radius 2 is 1.92 bits per heavy atom. The maximum atomic E-state index is 13.0. The summed E-state index contributed by atoms with van der Waals surface area (Å²) in [5.74, 6) is 0.313. The summed E-state index contributed by atoms with van der Waals surface area (Å²) in [7, 11) is 0. The summed E-state index contributed by atoms with van der Waals surface area (Å²) in [5, 5.41) is 13.2. The van der Waals surface area contributed by atoms with Crippen LogP contribution in [0.15, 0.2) is 30.3 Å². The van der Waals surface area contributed by atoms with Crippen LogP contribution in [0.4, 0.5) is 0 Å². The Kier molecular flexibility index (Phi) is 4.67. The molecule has 7 nitrogen and oxygen atoms in total. The second-order valence-corrected chi connectivity index (χ2v) is 6.52. The van der Waals surface area contributed by atoms with E-state index in [1.165, 1.54) is 0 Å². The predicted octanol–water partition coefficient (Wildman–Crippen LogP) is 2.66. The monoisotopic (exact) mass is 348 g/mol. The lowest BCUT2D eigenvalue weighted by molar-refractivity contribution is 0.0678. The van der Waals surface area contributed by atoms with E-state index in [-0.39, 0.29) is 17.8 Å². The molecule has 1 aromatic carbocycles. The van der Waals surface area contributed by atoms with Gasteiger partial charge in [-0.1, -0.05) is 12.1 Å². The van der Waals surface area contributed by atoms with Crippen molar-refractivity contribution in [2.75, 3.05) is 0 Å². The van der Waals surface area contributed by atoms with Crippen LogP contribution in [0.25, 0.3) is 5.78 Å². The van der Waals surface area contributed by atoms with Crippen molar-refractivity contribution in [3.63, 3.8) is 0 Å². The molecule has 0 aliphatic rings. The number of hydrogen-bond donors (Lipinski definition) is 0. The van der Waals surface area contributed by atoms with E-state index in [4.69, 9.17) is 5.26 Å². The van der Waals surface area contributed by atoms with Crippen LogP contribution in [-0.4, -0.2) is 36.4 Å². The van der Waals surface area contributed by atoms with Gasteiger partial charge in [0.15, 0.2) is 0 Å². The molecule has 0 fully saturated rings. The van der Waals surface area contributed by atoms with Crippen LogP contribution in [0, 0.1) is 25.2 Å². The van der Waals surface area contributed by atoms with Gasteiger partial charge >= 0.3 is 0 Å². The number of nitrogens with zero attached hydrogens (tertiary/aromatic N) is 6. The number of aromatic nitrogens is 4. The van der Waals surface area contributed by atoms with E-state index in [9.17, 15) is 4.79 Å². The Balaban J connectivity index is 1.91. The van der Waals surface area contributed by atoms with Crippen LogP contribution in [-0.2, 0) is 6.54 Å². The zero-order valence-corrected chi connectivity index (χ0v) is 15.3. The number of benzene rings is 1. The number of nitriles is 1. The largest absolute Gasteiger partial charge is 0.329 e. The molecule has 0 bridgehead atoms. The van der Waals surface area contributed by atoms with Crippen molar-refractivity contribution in [3.8, 4) is 6.07 Å². The van der Waals surface area contributed by atoms with E-state index in [0.717, 1.165) is 17.0 Å². The molecule has 0 N–H and O–H groups in total. The van der Waals surface area contributed by atoms with E-state index in [0.29, 0.717) is 17.9 Å². The minimum Gasteiger partial charge on any atom is -0.329 e. The van der Waals surface area contributed by atoms with Gasteiger partial charge in [0.25, 0.3) is 11.7 Å². The molecule has 3 rings (SSSR count). The van der Waals surface area contributed by atoms with Crippen LogP contribution in [0.5, 0.6) is 0 Å². The number of carbonyl (C=O) groups is 1. The van der Waals surface area contributed by atoms with Crippen molar-refractivity contribution in [1.29, 1.82) is 5.26 Å². The zero-order valence-electron chi connectivity index (χ0n) is 15.3. The minimum absolute atomic E-state index is 0.0273. The molecule has 0 aliphatic heterocycles. The smallest absolute Gasteiger partial charge is 0.294 e. The van der Waals surface area contributed by atoms with Gasteiger partial charge in [0, 0.05) is 24.0 Å². The Hall–Kier alpha value is -3.27. The van der Waals surface area contributed by atoms with Gasteiger partial charge in [-0.15, -0.1) is 5.10 Å². The van der Waals surface area contributed by atoms with Crippen LogP contribution >= 0.6 is 0 Å². The molecule has 0 radical (unpaired) electrons. The molecule has 2 heterocycles. The van der Waals surface area contributed by atoms with Crippen molar-refractivity contribution in [3.05, 3.63) is 58.7 Å². The fraction of sp³-hybridized carbons (Fsp3) is 0.316. The molecule has 0 saturated carbocycles. The van der Waals surface area contributed by atoms with E-state index >= 15 is 0 Å². The fourth-order valence-corrected chi connectivity index (χ4v) is 2.76. The molecule has 0 unspecified atom stereocenters. The van der Waals surface area contributed by atoms with Crippen molar-refractivity contribution in [2.24, 2.45) is 0 Å². The van der Waals surface area contributed by atoms with Gasteiger partial charge < -0.3 is 4.90 Å². The highest BCUT2D eigenvalue weighted by molar-refractivity contribution is 5.91. The van der Waals surface area contributed by atoms with Crippen molar-refractivity contribution in [1.82, 2.24) is 24.5 Å². The third-order valence-corrected chi connectivity index (χ3v) is 4.13. The number of amides is 1. The van der Waals surface area contributed by atoms with Gasteiger partial charge in [-0.25, -0.2) is 9.50 Å². The highest BCUT2D eigenvalue weighted by Crippen LogP contribution is 2.14. The highest BCUT2D eigenvalue weighted by atomic mass is 16.2. The molecule has 0 saturated heterocycles. The zero-order chi connectivity index (χ0) is 18.8. The molecule has 1 amide bonds. The van der Waals surface area contributed by atoms with Gasteiger partial charge in [-0.05, 0) is 51.5 Å². The first-order valence-corrected chi connectivity index (χ1v) is 8.40. The third kappa shape index (κ3) is 3.40. The molecular formula is C19H20N6O. The average molecular weight is 348 g/mol. The number of aryl methyl sites for hydroxylation is 2. The Bertz CT molecular complexity index is 997. The summed E-state index contributed by atoms with van der Waals surface area (Å²) in [6, 6.07) is 11.2. The van der Waals surface area contributed by atoms with Gasteiger partial charge in [-0.3, -0.25) is 4.79 Å². The summed E-state index contributed by atoms with van der Waals surface area (Å²) < 4.78 is 1.58. The van der Waals surface area contributed by atoms with Crippen LogP contribution in [0.2, 0.25) is 0 Å².